The highest BCUT2D eigenvalue weighted by Crippen LogP contribution is 2.30. The summed E-state index contributed by atoms with van der Waals surface area (Å²) < 4.78 is 37.6. The van der Waals surface area contributed by atoms with E-state index in [-0.39, 0.29) is 31.1 Å². The summed E-state index contributed by atoms with van der Waals surface area (Å²) in [5, 5.41) is 5.21. The van der Waals surface area contributed by atoms with Crippen LogP contribution in [0.5, 0.6) is 0 Å². The molecule has 128 valence electrons. The molecule has 0 saturated heterocycles. The Labute approximate surface area is 132 Å². The Morgan fingerprint density at radius 1 is 1.17 bits per heavy atom. The van der Waals surface area contributed by atoms with Gasteiger partial charge in [-0.2, -0.15) is 13.2 Å². The topological polar surface area (TPSA) is 61.4 Å². The summed E-state index contributed by atoms with van der Waals surface area (Å²) in [7, 11) is 0. The van der Waals surface area contributed by atoms with Gasteiger partial charge in [-0.05, 0) is 38.1 Å². The van der Waals surface area contributed by atoms with E-state index in [0.717, 1.165) is 12.1 Å². The van der Waals surface area contributed by atoms with E-state index >= 15 is 0 Å². The van der Waals surface area contributed by atoms with Crippen LogP contribution < -0.4 is 15.5 Å². The van der Waals surface area contributed by atoms with Crippen molar-refractivity contribution in [2.45, 2.75) is 33.0 Å². The fourth-order valence-electron chi connectivity index (χ4n) is 1.89. The third-order valence-corrected chi connectivity index (χ3v) is 2.93. The number of rotatable bonds is 5. The molecule has 2 N–H and O–H groups in total. The molecule has 0 atom stereocenters. The van der Waals surface area contributed by atoms with Crippen LogP contribution in [0.2, 0.25) is 0 Å². The van der Waals surface area contributed by atoms with Gasteiger partial charge in [0.05, 0.1) is 5.56 Å². The Kier molecular flexibility index (Phi) is 6.41. The summed E-state index contributed by atoms with van der Waals surface area (Å²) >= 11 is 0. The van der Waals surface area contributed by atoms with Gasteiger partial charge >= 0.3 is 12.2 Å². The lowest BCUT2D eigenvalue weighted by Crippen LogP contribution is -2.43. The Balaban J connectivity index is 2.68. The van der Waals surface area contributed by atoms with Crippen molar-refractivity contribution >= 4 is 17.6 Å². The van der Waals surface area contributed by atoms with Gasteiger partial charge in [0.1, 0.15) is 0 Å². The zero-order valence-corrected chi connectivity index (χ0v) is 13.2. The molecule has 5 nitrogen and oxygen atoms in total. The van der Waals surface area contributed by atoms with Crippen molar-refractivity contribution in [1.29, 1.82) is 0 Å². The zero-order chi connectivity index (χ0) is 17.6. The van der Waals surface area contributed by atoms with Crippen LogP contribution >= 0.6 is 0 Å². The van der Waals surface area contributed by atoms with Crippen molar-refractivity contribution in [2.75, 3.05) is 18.0 Å². The Hall–Kier alpha value is -2.25. The van der Waals surface area contributed by atoms with Gasteiger partial charge < -0.3 is 15.5 Å². The van der Waals surface area contributed by atoms with Crippen molar-refractivity contribution in [1.82, 2.24) is 10.6 Å². The number of halogens is 3. The summed E-state index contributed by atoms with van der Waals surface area (Å²) in [6.45, 7) is 5.27. The highest BCUT2D eigenvalue weighted by atomic mass is 19.4. The molecule has 0 fully saturated rings. The second-order valence-electron chi connectivity index (χ2n) is 5.27. The number of alkyl halides is 3. The van der Waals surface area contributed by atoms with Crippen molar-refractivity contribution in [3.8, 4) is 0 Å². The minimum atomic E-state index is -4.42. The van der Waals surface area contributed by atoms with E-state index in [9.17, 15) is 22.8 Å². The Morgan fingerprint density at radius 3 is 2.17 bits per heavy atom. The lowest BCUT2D eigenvalue weighted by molar-refractivity contribution is -0.137. The largest absolute Gasteiger partial charge is 0.416 e. The van der Waals surface area contributed by atoms with Crippen molar-refractivity contribution in [3.05, 3.63) is 29.8 Å². The smallest absolute Gasteiger partial charge is 0.336 e. The number of carbonyl (C=O) groups excluding carboxylic acids is 2. The number of nitrogens with one attached hydrogen (secondary N) is 2. The van der Waals surface area contributed by atoms with E-state index in [1.807, 2.05) is 13.8 Å². The molecule has 1 aromatic rings. The van der Waals surface area contributed by atoms with Gasteiger partial charge in [-0.1, -0.05) is 0 Å². The van der Waals surface area contributed by atoms with Gasteiger partial charge in [0.25, 0.3) is 0 Å². The number of carbonyl (C=O) groups is 2. The predicted octanol–water partition coefficient (Wildman–Crippen LogP) is 2.77. The highest BCUT2D eigenvalue weighted by molar-refractivity contribution is 5.91. The van der Waals surface area contributed by atoms with E-state index in [4.69, 9.17) is 0 Å². The molecule has 1 rings (SSSR count). The van der Waals surface area contributed by atoms with Crippen molar-refractivity contribution in [2.24, 2.45) is 0 Å². The molecule has 23 heavy (non-hydrogen) atoms. The quantitative estimate of drug-likeness (QED) is 0.871. The normalized spacial score (nSPS) is 11.3. The van der Waals surface area contributed by atoms with E-state index in [1.165, 1.54) is 24.0 Å². The third kappa shape index (κ3) is 6.17. The van der Waals surface area contributed by atoms with Gasteiger partial charge in [0, 0.05) is 31.7 Å². The van der Waals surface area contributed by atoms with Gasteiger partial charge in [-0.15, -0.1) is 0 Å². The standard InChI is InChI=1S/C15H20F3N3O2/c1-10(2)20-14(23)19-8-9-21(11(3)22)13-6-4-12(5-7-13)15(16,17)18/h4-7,10H,8-9H2,1-3H3,(H2,19,20,23). The zero-order valence-electron chi connectivity index (χ0n) is 13.2. The first-order chi connectivity index (χ1) is 10.6. The summed E-state index contributed by atoms with van der Waals surface area (Å²) in [5.74, 6) is -0.323. The Morgan fingerprint density at radius 2 is 1.74 bits per heavy atom. The molecular weight excluding hydrogens is 311 g/mol. The molecular formula is C15H20F3N3O2. The predicted molar refractivity (Wildman–Crippen MR) is 81.1 cm³/mol. The lowest BCUT2D eigenvalue weighted by Gasteiger charge is -2.22. The number of hydrogen-bond donors (Lipinski definition) is 2. The first-order valence-corrected chi connectivity index (χ1v) is 7.11. The molecule has 0 spiro atoms. The third-order valence-electron chi connectivity index (χ3n) is 2.93. The van der Waals surface area contributed by atoms with Crippen molar-refractivity contribution < 1.29 is 22.8 Å². The summed E-state index contributed by atoms with van der Waals surface area (Å²) in [4.78, 5) is 24.4. The molecule has 3 amide bonds. The van der Waals surface area contributed by atoms with Crippen LogP contribution in [0, 0.1) is 0 Å². The molecule has 0 bridgehead atoms. The van der Waals surface area contributed by atoms with Crippen molar-refractivity contribution in [3.63, 3.8) is 0 Å². The van der Waals surface area contributed by atoms with Crippen LogP contribution in [0.3, 0.4) is 0 Å². The molecule has 0 aromatic heterocycles. The first-order valence-electron chi connectivity index (χ1n) is 7.11. The maximum absolute atomic E-state index is 12.5. The average Bonchev–Trinajstić information content (AvgIpc) is 2.41. The van der Waals surface area contributed by atoms with E-state index in [1.54, 1.807) is 0 Å². The Bertz CT molecular complexity index is 542. The van der Waals surface area contributed by atoms with E-state index in [0.29, 0.717) is 5.69 Å². The second kappa shape index (κ2) is 7.85. The van der Waals surface area contributed by atoms with E-state index in [2.05, 4.69) is 10.6 Å². The highest BCUT2D eigenvalue weighted by Gasteiger charge is 2.30. The maximum Gasteiger partial charge on any atom is 0.416 e. The van der Waals surface area contributed by atoms with Crippen LogP contribution in [0.15, 0.2) is 24.3 Å². The summed E-state index contributed by atoms with van der Waals surface area (Å²) in [6.07, 6.45) is -4.42. The van der Waals surface area contributed by atoms with Crippen LogP contribution in [0.25, 0.3) is 0 Å². The van der Waals surface area contributed by atoms with E-state index < -0.39 is 11.7 Å². The minimum Gasteiger partial charge on any atom is -0.336 e. The molecule has 0 unspecified atom stereocenters. The fourth-order valence-corrected chi connectivity index (χ4v) is 1.89. The second-order valence-corrected chi connectivity index (χ2v) is 5.27. The molecule has 1 aromatic carbocycles. The number of anilines is 1. The molecule has 8 heteroatoms. The number of urea groups is 1. The minimum absolute atomic E-state index is 0.0196. The van der Waals surface area contributed by atoms with Gasteiger partial charge in [-0.3, -0.25) is 4.79 Å². The first kappa shape index (κ1) is 18.8. The molecule has 0 aliphatic heterocycles. The number of amides is 3. The van der Waals surface area contributed by atoms with Crippen LogP contribution in [-0.4, -0.2) is 31.1 Å². The maximum atomic E-state index is 12.5. The summed E-state index contributed by atoms with van der Waals surface area (Å²) in [5.41, 5.74) is -0.434. The SMILES string of the molecule is CC(=O)N(CCNC(=O)NC(C)C)c1ccc(C(F)(F)F)cc1. The monoisotopic (exact) mass is 331 g/mol. The van der Waals surface area contributed by atoms with Crippen LogP contribution in [0.1, 0.15) is 26.3 Å². The average molecular weight is 331 g/mol. The fraction of sp³-hybridized carbons (Fsp3) is 0.467. The molecule has 0 saturated carbocycles. The van der Waals surface area contributed by atoms with Gasteiger partial charge in [-0.25, -0.2) is 4.79 Å². The lowest BCUT2D eigenvalue weighted by atomic mass is 10.2. The molecule has 0 radical (unpaired) electrons. The molecule has 0 heterocycles. The molecule has 0 aliphatic rings. The number of benzene rings is 1. The van der Waals surface area contributed by atoms with Crippen LogP contribution in [0.4, 0.5) is 23.7 Å². The number of nitrogens with zero attached hydrogens (tertiary/aromatic N) is 1. The van der Waals surface area contributed by atoms with Crippen LogP contribution in [-0.2, 0) is 11.0 Å². The summed E-state index contributed by atoms with van der Waals surface area (Å²) in [6, 6.07) is 3.93. The van der Waals surface area contributed by atoms with Gasteiger partial charge in [0.15, 0.2) is 0 Å². The van der Waals surface area contributed by atoms with Gasteiger partial charge in [0.2, 0.25) is 5.91 Å². The number of hydrogen-bond acceptors (Lipinski definition) is 2. The molecule has 0 aliphatic carbocycles.